The number of para-hydroxylation sites is 1. The van der Waals surface area contributed by atoms with Crippen molar-refractivity contribution in [2.45, 2.75) is 19.1 Å². The molecule has 1 unspecified atom stereocenters. The van der Waals surface area contributed by atoms with Gasteiger partial charge in [-0.25, -0.2) is 0 Å². The molecule has 2 N–H and O–H groups in total. The maximum atomic E-state index is 6.33. The Bertz CT molecular complexity index is 582. The molecular formula is C14H19N5O. The van der Waals surface area contributed by atoms with E-state index in [9.17, 15) is 0 Å². The molecule has 2 aromatic rings. The van der Waals surface area contributed by atoms with Gasteiger partial charge < -0.3 is 15.0 Å². The lowest BCUT2D eigenvalue weighted by atomic mass is 10.1. The van der Waals surface area contributed by atoms with Crippen LogP contribution in [0.25, 0.3) is 0 Å². The van der Waals surface area contributed by atoms with Gasteiger partial charge >= 0.3 is 0 Å². The van der Waals surface area contributed by atoms with Crippen LogP contribution < -0.4 is 10.5 Å². The van der Waals surface area contributed by atoms with Gasteiger partial charge in [0.15, 0.2) is 0 Å². The molecule has 1 atom stereocenters. The number of nitrogens with zero attached hydrogens (tertiary/aromatic N) is 4. The summed E-state index contributed by atoms with van der Waals surface area (Å²) in [5, 5.41) is 8.06. The Kier molecular flexibility index (Phi) is 3.66. The molecule has 0 amide bonds. The van der Waals surface area contributed by atoms with Crippen LogP contribution in [0.15, 0.2) is 30.6 Å². The minimum atomic E-state index is -0.0689. The third kappa shape index (κ3) is 2.52. The van der Waals surface area contributed by atoms with E-state index in [4.69, 9.17) is 10.5 Å². The normalized spacial score (nSPS) is 16.7. The third-order valence-electron chi connectivity index (χ3n) is 3.71. The molecule has 6 nitrogen and oxygen atoms in total. The molecule has 6 heteroatoms. The summed E-state index contributed by atoms with van der Waals surface area (Å²) in [4.78, 5) is 2.31. The first-order chi connectivity index (χ1) is 9.78. The van der Waals surface area contributed by atoms with E-state index in [1.54, 1.807) is 13.4 Å². The number of ether oxygens (including phenoxy) is 1. The molecule has 3 rings (SSSR count). The highest BCUT2D eigenvalue weighted by atomic mass is 16.5. The first kappa shape index (κ1) is 13.1. The smallest absolute Gasteiger partial charge is 0.147 e. The molecule has 20 heavy (non-hydrogen) atoms. The van der Waals surface area contributed by atoms with Gasteiger partial charge in [0.1, 0.15) is 17.9 Å². The first-order valence-electron chi connectivity index (χ1n) is 6.75. The quantitative estimate of drug-likeness (QED) is 0.892. The molecule has 0 aliphatic carbocycles. The topological polar surface area (TPSA) is 69.2 Å². The zero-order valence-corrected chi connectivity index (χ0v) is 11.6. The molecule has 2 heterocycles. The summed E-state index contributed by atoms with van der Waals surface area (Å²) < 4.78 is 7.46. The number of aromatic nitrogens is 3. The second kappa shape index (κ2) is 5.60. The Morgan fingerprint density at radius 2 is 2.20 bits per heavy atom. The fraction of sp³-hybridized carbons (Fsp3) is 0.429. The van der Waals surface area contributed by atoms with Crippen molar-refractivity contribution < 1.29 is 4.74 Å². The summed E-state index contributed by atoms with van der Waals surface area (Å²) in [5.41, 5.74) is 7.38. The average molecular weight is 273 g/mol. The van der Waals surface area contributed by atoms with Crippen LogP contribution in [0, 0.1) is 0 Å². The van der Waals surface area contributed by atoms with E-state index in [0.29, 0.717) is 0 Å². The summed E-state index contributed by atoms with van der Waals surface area (Å²) in [6.07, 6.45) is 1.78. The van der Waals surface area contributed by atoms with Gasteiger partial charge in [0.2, 0.25) is 0 Å². The summed E-state index contributed by atoms with van der Waals surface area (Å²) in [6.45, 7) is 3.46. The SMILES string of the molecule is COc1ccccc1C(N)CN1CCn2cnnc2C1. The third-order valence-corrected chi connectivity index (χ3v) is 3.71. The summed E-state index contributed by atoms with van der Waals surface area (Å²) in [5.74, 6) is 1.85. The molecule has 0 saturated heterocycles. The van der Waals surface area contributed by atoms with Gasteiger partial charge in [0.25, 0.3) is 0 Å². The van der Waals surface area contributed by atoms with Gasteiger partial charge in [-0.15, -0.1) is 10.2 Å². The van der Waals surface area contributed by atoms with Gasteiger partial charge in [0.05, 0.1) is 13.7 Å². The van der Waals surface area contributed by atoms with E-state index < -0.39 is 0 Å². The molecule has 1 aromatic heterocycles. The van der Waals surface area contributed by atoms with Crippen LogP contribution in [-0.4, -0.2) is 39.9 Å². The first-order valence-corrected chi connectivity index (χ1v) is 6.75. The minimum absolute atomic E-state index is 0.0689. The lowest BCUT2D eigenvalue weighted by molar-refractivity contribution is 0.204. The molecule has 0 bridgehead atoms. The highest BCUT2D eigenvalue weighted by Gasteiger charge is 2.21. The van der Waals surface area contributed by atoms with Crippen molar-refractivity contribution in [1.29, 1.82) is 0 Å². The highest BCUT2D eigenvalue weighted by molar-refractivity contribution is 5.35. The van der Waals surface area contributed by atoms with Gasteiger partial charge in [-0.2, -0.15) is 0 Å². The van der Waals surface area contributed by atoms with Crippen LogP contribution in [-0.2, 0) is 13.1 Å². The molecule has 0 radical (unpaired) electrons. The van der Waals surface area contributed by atoms with Crippen molar-refractivity contribution in [1.82, 2.24) is 19.7 Å². The van der Waals surface area contributed by atoms with Crippen molar-refractivity contribution in [2.24, 2.45) is 5.73 Å². The fourth-order valence-electron chi connectivity index (χ4n) is 2.62. The number of benzene rings is 1. The molecule has 1 aliphatic rings. The molecular weight excluding hydrogens is 254 g/mol. The fourth-order valence-corrected chi connectivity index (χ4v) is 2.62. The van der Waals surface area contributed by atoms with E-state index in [-0.39, 0.29) is 6.04 Å². The number of hydrogen-bond acceptors (Lipinski definition) is 5. The average Bonchev–Trinajstić information content (AvgIpc) is 2.94. The van der Waals surface area contributed by atoms with Crippen molar-refractivity contribution in [3.05, 3.63) is 42.0 Å². The van der Waals surface area contributed by atoms with Gasteiger partial charge in [0, 0.05) is 31.2 Å². The lowest BCUT2D eigenvalue weighted by Gasteiger charge is -2.29. The van der Waals surface area contributed by atoms with E-state index >= 15 is 0 Å². The predicted molar refractivity (Wildman–Crippen MR) is 75.2 cm³/mol. The number of methoxy groups -OCH3 is 1. The van der Waals surface area contributed by atoms with E-state index in [2.05, 4.69) is 19.7 Å². The van der Waals surface area contributed by atoms with Gasteiger partial charge in [-0.3, -0.25) is 4.90 Å². The molecule has 106 valence electrons. The summed E-state index contributed by atoms with van der Waals surface area (Å²) in [7, 11) is 1.68. The molecule has 0 fully saturated rings. The zero-order valence-electron chi connectivity index (χ0n) is 11.6. The molecule has 1 aliphatic heterocycles. The Labute approximate surface area is 118 Å². The highest BCUT2D eigenvalue weighted by Crippen LogP contribution is 2.24. The van der Waals surface area contributed by atoms with Crippen molar-refractivity contribution in [3.63, 3.8) is 0 Å². The van der Waals surface area contributed by atoms with Crippen LogP contribution in [0.5, 0.6) is 5.75 Å². The number of fused-ring (bicyclic) bond motifs is 1. The van der Waals surface area contributed by atoms with Crippen LogP contribution >= 0.6 is 0 Å². The molecule has 1 aromatic carbocycles. The Balaban J connectivity index is 1.69. The zero-order chi connectivity index (χ0) is 13.9. The van der Waals surface area contributed by atoms with Gasteiger partial charge in [-0.1, -0.05) is 18.2 Å². The van der Waals surface area contributed by atoms with Crippen molar-refractivity contribution in [2.75, 3.05) is 20.2 Å². The monoisotopic (exact) mass is 273 g/mol. The lowest BCUT2D eigenvalue weighted by Crippen LogP contribution is -2.38. The standard InChI is InChI=1S/C14H19N5O/c1-20-13-5-3-2-4-11(13)12(15)8-18-6-7-19-10-16-17-14(19)9-18/h2-5,10,12H,6-9,15H2,1H3. The van der Waals surface area contributed by atoms with Gasteiger partial charge in [-0.05, 0) is 6.07 Å². The number of hydrogen-bond donors (Lipinski definition) is 1. The largest absolute Gasteiger partial charge is 0.496 e. The maximum absolute atomic E-state index is 6.33. The minimum Gasteiger partial charge on any atom is -0.496 e. The Hall–Kier alpha value is -1.92. The van der Waals surface area contributed by atoms with Crippen molar-refractivity contribution >= 4 is 0 Å². The molecule has 0 spiro atoms. The second-order valence-corrected chi connectivity index (χ2v) is 5.02. The summed E-state index contributed by atoms with van der Waals surface area (Å²) in [6, 6.07) is 7.85. The summed E-state index contributed by atoms with van der Waals surface area (Å²) >= 11 is 0. The van der Waals surface area contributed by atoms with E-state index in [1.807, 2.05) is 24.3 Å². The number of rotatable bonds is 4. The Morgan fingerprint density at radius 1 is 1.35 bits per heavy atom. The molecule has 0 saturated carbocycles. The van der Waals surface area contributed by atoms with Crippen LogP contribution in [0.3, 0.4) is 0 Å². The van der Waals surface area contributed by atoms with Crippen LogP contribution in [0.2, 0.25) is 0 Å². The van der Waals surface area contributed by atoms with E-state index in [1.165, 1.54) is 0 Å². The maximum Gasteiger partial charge on any atom is 0.147 e. The Morgan fingerprint density at radius 3 is 3.05 bits per heavy atom. The number of nitrogens with two attached hydrogens (primary N) is 1. The predicted octanol–water partition coefficient (Wildman–Crippen LogP) is 0.802. The van der Waals surface area contributed by atoms with Crippen LogP contribution in [0.1, 0.15) is 17.4 Å². The second-order valence-electron chi connectivity index (χ2n) is 5.02. The van der Waals surface area contributed by atoms with Crippen LogP contribution in [0.4, 0.5) is 0 Å². The van der Waals surface area contributed by atoms with E-state index in [0.717, 1.165) is 43.3 Å². The van der Waals surface area contributed by atoms with Crippen molar-refractivity contribution in [3.8, 4) is 5.75 Å².